The van der Waals surface area contributed by atoms with Crippen LogP contribution in [0.2, 0.25) is 0 Å². The van der Waals surface area contributed by atoms with Crippen LogP contribution in [0, 0.1) is 0 Å². The fraction of sp³-hybridized carbons (Fsp3) is 0.643. The average molecular weight is 856 g/mol. The third kappa shape index (κ3) is 9.02. The fourth-order valence-corrected chi connectivity index (χ4v) is 9.92. The molecule has 0 aliphatic rings. The smallest absolute Gasteiger partial charge is 0.140 e. The second-order valence-corrected chi connectivity index (χ2v) is 26.9. The molecule has 0 N–H and O–H groups in total. The van der Waals surface area contributed by atoms with Gasteiger partial charge in [0.25, 0.3) is 0 Å². The number of hydrogen-bond donors (Lipinski definition) is 0. The number of nitrogens with zero attached hydrogens (tertiary/aromatic N) is 7. The standard InChI is InChI=1S/C56H85N7/c1-48(2,3)44-42-39(34-61(51(10,11)12)40(42)26-32-57-44)56(22,23)29-27-53(16,17)36-24-31-58-46-41(36)38(35-62(46)52(13,14)15)55(20,21)30-28-54(18,19)37-25-33-59-63-43(37)45(49(4,5)6)60-47(63)50(7,8)9/h24-26,31-35H,27-30H2,1-23H3. The Morgan fingerprint density at radius 1 is 0.429 bits per heavy atom. The Morgan fingerprint density at radius 2 is 0.873 bits per heavy atom. The van der Waals surface area contributed by atoms with Crippen LogP contribution in [-0.2, 0) is 49.0 Å². The molecule has 6 aromatic heterocycles. The second-order valence-electron chi connectivity index (χ2n) is 26.9. The van der Waals surface area contributed by atoms with Crippen LogP contribution >= 0.6 is 0 Å². The van der Waals surface area contributed by atoms with Crippen molar-refractivity contribution in [3.05, 3.63) is 88.6 Å². The molecule has 0 bridgehead atoms. The van der Waals surface area contributed by atoms with Gasteiger partial charge in [-0.25, -0.2) is 14.5 Å². The number of aromatic nitrogens is 7. The van der Waals surface area contributed by atoms with Gasteiger partial charge in [-0.1, -0.05) is 118 Å². The molecule has 0 saturated carbocycles. The summed E-state index contributed by atoms with van der Waals surface area (Å²) in [4.78, 5) is 15.6. The van der Waals surface area contributed by atoms with Crippen LogP contribution in [0.15, 0.2) is 49.2 Å². The summed E-state index contributed by atoms with van der Waals surface area (Å²) in [7, 11) is 0. The number of hydrogen-bond acceptors (Lipinski definition) is 4. The van der Waals surface area contributed by atoms with Gasteiger partial charge in [-0.2, -0.15) is 5.10 Å². The highest BCUT2D eigenvalue weighted by Gasteiger charge is 2.39. The molecule has 6 rings (SSSR count). The van der Waals surface area contributed by atoms with Gasteiger partial charge < -0.3 is 9.13 Å². The lowest BCUT2D eigenvalue weighted by Gasteiger charge is -2.35. The molecule has 0 aromatic carbocycles. The highest BCUT2D eigenvalue weighted by molar-refractivity contribution is 5.89. The van der Waals surface area contributed by atoms with Crippen LogP contribution in [0.1, 0.15) is 224 Å². The SMILES string of the molecule is CC(C)(C)c1nccc2c1c(C(C)(C)CCC(C)(C)c1ccnc3c1c(C(C)(C)CCC(C)(C)c1ccnn4c(C(C)(C)C)nc(C(C)(C)C)c14)cn3C(C)(C)C)cn2C(C)(C)C. The molecular formula is C56H85N7. The topological polar surface area (TPSA) is 65.8 Å². The van der Waals surface area contributed by atoms with Crippen molar-refractivity contribution in [2.75, 3.05) is 0 Å². The lowest BCUT2D eigenvalue weighted by Crippen LogP contribution is -2.27. The average Bonchev–Trinajstić information content (AvgIpc) is 3.85. The maximum atomic E-state index is 5.33. The quantitative estimate of drug-likeness (QED) is 0.138. The molecule has 0 fully saturated rings. The van der Waals surface area contributed by atoms with E-state index in [2.05, 4.69) is 210 Å². The molecule has 6 aromatic rings. The molecule has 0 amide bonds. The summed E-state index contributed by atoms with van der Waals surface area (Å²) in [6.07, 6.45) is 15.0. The largest absolute Gasteiger partial charge is 0.342 e. The van der Waals surface area contributed by atoms with Crippen molar-refractivity contribution in [3.63, 3.8) is 0 Å². The number of rotatable bonds is 10. The lowest BCUT2D eigenvalue weighted by atomic mass is 9.69. The maximum absolute atomic E-state index is 5.33. The second kappa shape index (κ2) is 15.3. The van der Waals surface area contributed by atoms with E-state index in [-0.39, 0.29) is 49.0 Å². The van der Waals surface area contributed by atoms with E-state index in [1.807, 2.05) is 12.4 Å². The molecule has 7 heteroatoms. The van der Waals surface area contributed by atoms with Crippen LogP contribution in [0.5, 0.6) is 0 Å². The van der Waals surface area contributed by atoms with Crippen LogP contribution in [0.4, 0.5) is 0 Å². The summed E-state index contributed by atoms with van der Waals surface area (Å²) in [5.41, 5.74) is 10.3. The van der Waals surface area contributed by atoms with Crippen molar-refractivity contribution < 1.29 is 0 Å². The van der Waals surface area contributed by atoms with E-state index in [9.17, 15) is 0 Å². The Bertz CT molecular complexity index is 2630. The van der Waals surface area contributed by atoms with E-state index in [1.165, 1.54) is 49.8 Å². The van der Waals surface area contributed by atoms with Crippen LogP contribution in [-0.4, -0.2) is 33.7 Å². The van der Waals surface area contributed by atoms with Gasteiger partial charge in [-0.3, -0.25) is 4.98 Å². The minimum atomic E-state index is -0.142. The molecule has 0 aliphatic heterocycles. The molecule has 0 spiro atoms. The number of fused-ring (bicyclic) bond motifs is 3. The number of pyridine rings is 2. The zero-order chi connectivity index (χ0) is 47.5. The first kappa shape index (κ1) is 48.5. The van der Waals surface area contributed by atoms with Crippen molar-refractivity contribution in [1.29, 1.82) is 0 Å². The zero-order valence-corrected chi connectivity index (χ0v) is 44.1. The number of imidazole rings is 1. The Hall–Kier alpha value is -4.00. The molecule has 6 heterocycles. The lowest BCUT2D eigenvalue weighted by molar-refractivity contribution is 0.368. The van der Waals surface area contributed by atoms with Gasteiger partial charge >= 0.3 is 0 Å². The molecule has 7 nitrogen and oxygen atoms in total. The molecule has 0 saturated heterocycles. The molecule has 0 aliphatic carbocycles. The Kier molecular flexibility index (Phi) is 11.8. The Labute approximate surface area is 382 Å². The first-order valence-corrected chi connectivity index (χ1v) is 23.8. The highest BCUT2D eigenvalue weighted by atomic mass is 15.3. The summed E-state index contributed by atoms with van der Waals surface area (Å²) >= 11 is 0. The predicted molar refractivity (Wildman–Crippen MR) is 269 cm³/mol. The van der Waals surface area contributed by atoms with Crippen LogP contribution < -0.4 is 0 Å². The third-order valence-corrected chi connectivity index (χ3v) is 14.1. The summed E-state index contributed by atoms with van der Waals surface area (Å²) in [5, 5.41) is 7.58. The molecule has 0 unspecified atom stereocenters. The minimum absolute atomic E-state index is 0.0566. The maximum Gasteiger partial charge on any atom is 0.140 e. The first-order chi connectivity index (χ1) is 28.4. The van der Waals surface area contributed by atoms with E-state index in [0.29, 0.717) is 0 Å². The normalized spacial score (nSPS) is 14.5. The molecule has 0 radical (unpaired) electrons. The van der Waals surface area contributed by atoms with E-state index < -0.39 is 0 Å². The first-order valence-electron chi connectivity index (χ1n) is 23.8. The molecule has 0 atom stereocenters. The van der Waals surface area contributed by atoms with Crippen LogP contribution in [0.25, 0.3) is 27.5 Å². The molecular weight excluding hydrogens is 771 g/mol. The summed E-state index contributed by atoms with van der Waals surface area (Å²) in [5.74, 6) is 1.02. The van der Waals surface area contributed by atoms with E-state index in [4.69, 9.17) is 20.1 Å². The van der Waals surface area contributed by atoms with Gasteiger partial charge in [0.2, 0.25) is 0 Å². The van der Waals surface area contributed by atoms with E-state index in [1.54, 1.807) is 0 Å². The molecule has 63 heavy (non-hydrogen) atoms. The fourth-order valence-electron chi connectivity index (χ4n) is 9.92. The van der Waals surface area contributed by atoms with Crippen molar-refractivity contribution in [3.8, 4) is 0 Å². The van der Waals surface area contributed by atoms with E-state index in [0.717, 1.165) is 42.8 Å². The summed E-state index contributed by atoms with van der Waals surface area (Å²) < 4.78 is 7.07. The van der Waals surface area contributed by atoms with Gasteiger partial charge in [0.15, 0.2) is 0 Å². The van der Waals surface area contributed by atoms with Crippen molar-refractivity contribution in [1.82, 2.24) is 33.7 Å². The zero-order valence-electron chi connectivity index (χ0n) is 44.1. The van der Waals surface area contributed by atoms with Gasteiger partial charge in [-0.05, 0) is 129 Å². The van der Waals surface area contributed by atoms with Gasteiger partial charge in [-0.15, -0.1) is 0 Å². The monoisotopic (exact) mass is 856 g/mol. The van der Waals surface area contributed by atoms with Gasteiger partial charge in [0, 0.05) is 69.1 Å². The Balaban J connectivity index is 1.41. The third-order valence-electron chi connectivity index (χ3n) is 14.1. The van der Waals surface area contributed by atoms with Crippen molar-refractivity contribution >= 4 is 27.5 Å². The predicted octanol–water partition coefficient (Wildman–Crippen LogP) is 14.9. The highest BCUT2D eigenvalue weighted by Crippen LogP contribution is 2.48. The van der Waals surface area contributed by atoms with Crippen molar-refractivity contribution in [2.45, 2.75) is 234 Å². The summed E-state index contributed by atoms with van der Waals surface area (Å²) in [6, 6.07) is 6.80. The van der Waals surface area contributed by atoms with Gasteiger partial charge in [0.05, 0.1) is 22.4 Å². The van der Waals surface area contributed by atoms with Crippen LogP contribution in [0.3, 0.4) is 0 Å². The van der Waals surface area contributed by atoms with Crippen molar-refractivity contribution in [2.24, 2.45) is 0 Å². The Morgan fingerprint density at radius 3 is 1.37 bits per heavy atom. The van der Waals surface area contributed by atoms with E-state index >= 15 is 0 Å². The summed E-state index contributed by atoms with van der Waals surface area (Å²) in [6.45, 7) is 53.9. The van der Waals surface area contributed by atoms with Gasteiger partial charge in [0.1, 0.15) is 11.5 Å². The molecule has 344 valence electrons. The minimum Gasteiger partial charge on any atom is -0.342 e.